The van der Waals surface area contributed by atoms with Gasteiger partial charge in [0, 0.05) is 25.3 Å². The summed E-state index contributed by atoms with van der Waals surface area (Å²) in [4.78, 5) is 13.7. The molecule has 3 N–H and O–H groups in total. The van der Waals surface area contributed by atoms with Crippen molar-refractivity contribution in [2.75, 3.05) is 18.0 Å². The van der Waals surface area contributed by atoms with Crippen LogP contribution in [0.2, 0.25) is 0 Å². The van der Waals surface area contributed by atoms with Gasteiger partial charge in [-0.2, -0.15) is 5.10 Å². The van der Waals surface area contributed by atoms with E-state index in [0.717, 1.165) is 31.7 Å². The number of aromatic nitrogens is 2. The maximum Gasteiger partial charge on any atom is 0.236 e. The Hall–Kier alpha value is -1.40. The second kappa shape index (κ2) is 7.25. The number of halogens is 1. The Morgan fingerprint density at radius 1 is 1.63 bits per heavy atom. The van der Waals surface area contributed by atoms with Crippen LogP contribution >= 0.6 is 12.4 Å². The van der Waals surface area contributed by atoms with E-state index in [-0.39, 0.29) is 24.4 Å². The van der Waals surface area contributed by atoms with E-state index in [2.05, 4.69) is 20.4 Å². The molecule has 0 saturated carbocycles. The van der Waals surface area contributed by atoms with Crippen LogP contribution in [-0.2, 0) is 4.79 Å². The van der Waals surface area contributed by atoms with Gasteiger partial charge < -0.3 is 16.0 Å². The van der Waals surface area contributed by atoms with Gasteiger partial charge in [-0.15, -0.1) is 17.5 Å². The van der Waals surface area contributed by atoms with Gasteiger partial charge in [-0.05, 0) is 31.9 Å². The highest BCUT2D eigenvalue weighted by atomic mass is 35.5. The fourth-order valence-electron chi connectivity index (χ4n) is 2.10. The van der Waals surface area contributed by atoms with Crippen LogP contribution in [0.3, 0.4) is 0 Å². The summed E-state index contributed by atoms with van der Waals surface area (Å²) in [5.74, 6) is 0.762. The van der Waals surface area contributed by atoms with E-state index >= 15 is 0 Å². The van der Waals surface area contributed by atoms with Crippen molar-refractivity contribution < 1.29 is 4.79 Å². The first kappa shape index (κ1) is 15.7. The van der Waals surface area contributed by atoms with Gasteiger partial charge in [-0.1, -0.05) is 0 Å². The number of piperidine rings is 1. The standard InChI is InChI=1S/C12H19N5O.ClH/c1-9(13)12(18)15-10-4-3-7-17(8-10)11-5-2-6-14-16-11;/h2,5-6,9-10H,3-4,7-8,13H2,1H3,(H,15,18);1H/t9-,10?;/m1./s1. The van der Waals surface area contributed by atoms with Gasteiger partial charge >= 0.3 is 0 Å². The zero-order valence-corrected chi connectivity index (χ0v) is 11.8. The van der Waals surface area contributed by atoms with Gasteiger partial charge in [-0.3, -0.25) is 4.79 Å². The third-order valence-corrected chi connectivity index (χ3v) is 3.06. The van der Waals surface area contributed by atoms with Crippen LogP contribution in [0.4, 0.5) is 5.82 Å². The molecule has 1 unspecified atom stereocenters. The minimum absolute atomic E-state index is 0. The summed E-state index contributed by atoms with van der Waals surface area (Å²) in [6, 6.07) is 3.48. The summed E-state index contributed by atoms with van der Waals surface area (Å²) in [7, 11) is 0. The number of anilines is 1. The van der Waals surface area contributed by atoms with E-state index < -0.39 is 6.04 Å². The first-order valence-electron chi connectivity index (χ1n) is 6.25. The fraction of sp³-hybridized carbons (Fsp3) is 0.583. The monoisotopic (exact) mass is 285 g/mol. The molecule has 19 heavy (non-hydrogen) atoms. The van der Waals surface area contributed by atoms with Gasteiger partial charge in [0.05, 0.1) is 6.04 Å². The summed E-state index contributed by atoms with van der Waals surface area (Å²) in [5.41, 5.74) is 5.55. The van der Waals surface area contributed by atoms with Crippen molar-refractivity contribution in [1.29, 1.82) is 0 Å². The van der Waals surface area contributed by atoms with Gasteiger partial charge in [0.2, 0.25) is 5.91 Å². The molecule has 1 aliphatic heterocycles. The van der Waals surface area contributed by atoms with Crippen molar-refractivity contribution in [3.63, 3.8) is 0 Å². The predicted molar refractivity (Wildman–Crippen MR) is 76.3 cm³/mol. The van der Waals surface area contributed by atoms with Gasteiger partial charge in [0.1, 0.15) is 0 Å². The van der Waals surface area contributed by atoms with Crippen molar-refractivity contribution in [2.45, 2.75) is 31.8 Å². The minimum atomic E-state index is -0.461. The zero-order chi connectivity index (χ0) is 13.0. The third kappa shape index (κ3) is 4.33. The fourth-order valence-corrected chi connectivity index (χ4v) is 2.10. The number of rotatable bonds is 3. The number of hydrogen-bond donors (Lipinski definition) is 2. The normalized spacial score (nSPS) is 20.3. The summed E-state index contributed by atoms with van der Waals surface area (Å²) in [6.45, 7) is 3.40. The molecule has 0 aliphatic carbocycles. The molecule has 1 aliphatic rings. The van der Waals surface area contributed by atoms with Gasteiger partial charge in [0.15, 0.2) is 5.82 Å². The summed E-state index contributed by atoms with van der Waals surface area (Å²) in [6.07, 6.45) is 3.67. The van der Waals surface area contributed by atoms with Crippen molar-refractivity contribution in [2.24, 2.45) is 5.73 Å². The molecule has 2 heterocycles. The Balaban J connectivity index is 0.00000180. The zero-order valence-electron chi connectivity index (χ0n) is 11.0. The molecular weight excluding hydrogens is 266 g/mol. The van der Waals surface area contributed by atoms with Crippen LogP contribution in [0.25, 0.3) is 0 Å². The van der Waals surface area contributed by atoms with Crippen LogP contribution < -0.4 is 16.0 Å². The lowest BCUT2D eigenvalue weighted by molar-refractivity contribution is -0.122. The lowest BCUT2D eigenvalue weighted by Crippen LogP contribution is -2.51. The Morgan fingerprint density at radius 2 is 2.42 bits per heavy atom. The lowest BCUT2D eigenvalue weighted by atomic mass is 10.1. The number of nitrogens with two attached hydrogens (primary N) is 1. The molecular formula is C12H20ClN5O. The molecule has 0 aromatic carbocycles. The largest absolute Gasteiger partial charge is 0.353 e. The molecule has 1 fully saturated rings. The highest BCUT2D eigenvalue weighted by Crippen LogP contribution is 2.16. The first-order valence-corrected chi connectivity index (χ1v) is 6.25. The van der Waals surface area contributed by atoms with Crippen molar-refractivity contribution in [3.05, 3.63) is 18.3 Å². The maximum absolute atomic E-state index is 11.6. The molecule has 1 aromatic rings. The minimum Gasteiger partial charge on any atom is -0.353 e. The van der Waals surface area contributed by atoms with E-state index in [1.165, 1.54) is 0 Å². The number of carbonyl (C=O) groups excluding carboxylic acids is 1. The summed E-state index contributed by atoms with van der Waals surface area (Å²) >= 11 is 0. The smallest absolute Gasteiger partial charge is 0.236 e. The quantitative estimate of drug-likeness (QED) is 0.836. The molecule has 0 bridgehead atoms. The first-order chi connectivity index (χ1) is 8.66. The van der Waals surface area contributed by atoms with Gasteiger partial charge in [-0.25, -0.2) is 0 Å². The second-order valence-electron chi connectivity index (χ2n) is 4.66. The Morgan fingerprint density at radius 3 is 3.05 bits per heavy atom. The molecule has 1 amide bonds. The maximum atomic E-state index is 11.6. The van der Waals surface area contributed by atoms with Gasteiger partial charge in [0.25, 0.3) is 0 Å². The van der Waals surface area contributed by atoms with E-state index in [4.69, 9.17) is 5.73 Å². The lowest BCUT2D eigenvalue weighted by Gasteiger charge is -2.33. The molecule has 1 saturated heterocycles. The van der Waals surface area contributed by atoms with E-state index in [1.54, 1.807) is 13.1 Å². The summed E-state index contributed by atoms with van der Waals surface area (Å²) < 4.78 is 0. The van der Waals surface area contributed by atoms with Crippen LogP contribution in [0, 0.1) is 0 Å². The number of nitrogens with one attached hydrogen (secondary N) is 1. The SMILES string of the molecule is C[C@@H](N)C(=O)NC1CCCN(c2cccnn2)C1.Cl. The highest BCUT2D eigenvalue weighted by molar-refractivity contribution is 5.85. The molecule has 7 heteroatoms. The molecule has 0 radical (unpaired) electrons. The highest BCUT2D eigenvalue weighted by Gasteiger charge is 2.23. The van der Waals surface area contributed by atoms with Crippen molar-refractivity contribution in [1.82, 2.24) is 15.5 Å². The second-order valence-corrected chi connectivity index (χ2v) is 4.66. The number of hydrogen-bond acceptors (Lipinski definition) is 5. The molecule has 1 aromatic heterocycles. The number of carbonyl (C=O) groups is 1. The van der Waals surface area contributed by atoms with Crippen molar-refractivity contribution in [3.8, 4) is 0 Å². The number of nitrogens with zero attached hydrogens (tertiary/aromatic N) is 3. The molecule has 0 spiro atoms. The predicted octanol–water partition coefficient (Wildman–Crippen LogP) is 0.331. The molecule has 6 nitrogen and oxygen atoms in total. The van der Waals surface area contributed by atoms with E-state index in [1.807, 2.05) is 12.1 Å². The van der Waals surface area contributed by atoms with Crippen molar-refractivity contribution >= 4 is 24.1 Å². The van der Waals surface area contributed by atoms with E-state index in [0.29, 0.717) is 0 Å². The molecule has 2 rings (SSSR count). The van der Waals surface area contributed by atoms with Crippen LogP contribution in [0.5, 0.6) is 0 Å². The number of amides is 1. The van der Waals surface area contributed by atoms with Crippen LogP contribution in [-0.4, -0.2) is 41.3 Å². The summed E-state index contributed by atoms with van der Waals surface area (Å²) in [5, 5.41) is 10.9. The Kier molecular flexibility index (Phi) is 5.98. The topological polar surface area (TPSA) is 84.1 Å². The molecule has 2 atom stereocenters. The average molecular weight is 286 g/mol. The molecule has 106 valence electrons. The van der Waals surface area contributed by atoms with E-state index in [9.17, 15) is 4.79 Å². The third-order valence-electron chi connectivity index (χ3n) is 3.06. The Labute approximate surface area is 119 Å². The average Bonchev–Trinajstić information content (AvgIpc) is 2.40. The van der Waals surface area contributed by atoms with Crippen LogP contribution in [0.1, 0.15) is 19.8 Å². The Bertz CT molecular complexity index is 400. The van der Waals surface area contributed by atoms with Crippen LogP contribution in [0.15, 0.2) is 18.3 Å².